The average Bonchev–Trinajstić information content (AvgIpc) is 3.32. The second kappa shape index (κ2) is 7.47. The number of carbonyl (C=O) groups is 2. The third-order valence-corrected chi connectivity index (χ3v) is 4.32. The van der Waals surface area contributed by atoms with Crippen LogP contribution in [0.15, 0.2) is 17.1 Å². The quantitative estimate of drug-likeness (QED) is 0.377. The van der Waals surface area contributed by atoms with Gasteiger partial charge in [0, 0.05) is 31.3 Å². The Morgan fingerprint density at radius 1 is 1.43 bits per heavy atom. The first kappa shape index (κ1) is 19.6. The highest BCUT2D eigenvalue weighted by atomic mass is 16.5. The number of amides is 2. The van der Waals surface area contributed by atoms with E-state index in [-0.39, 0.29) is 29.7 Å². The van der Waals surface area contributed by atoms with Gasteiger partial charge < -0.3 is 10.4 Å². The van der Waals surface area contributed by atoms with Crippen LogP contribution in [0.2, 0.25) is 0 Å². The van der Waals surface area contributed by atoms with Crippen molar-refractivity contribution in [1.29, 1.82) is 0 Å². The Labute approximate surface area is 160 Å². The number of rotatable bonds is 6. The molecule has 2 aromatic rings. The topological polar surface area (TPSA) is 129 Å². The van der Waals surface area contributed by atoms with Gasteiger partial charge >= 0.3 is 0 Å². The molecule has 3 rings (SSSR count). The number of aromatic hydroxyl groups is 1. The maximum absolute atomic E-state index is 13.0. The molecule has 0 saturated heterocycles. The monoisotopic (exact) mass is 389 g/mol. The molecule has 10 nitrogen and oxygen atoms in total. The van der Waals surface area contributed by atoms with E-state index in [2.05, 4.69) is 10.4 Å². The van der Waals surface area contributed by atoms with Crippen LogP contribution in [0.25, 0.3) is 11.7 Å². The van der Waals surface area contributed by atoms with Crippen LogP contribution < -0.4 is 10.9 Å². The van der Waals surface area contributed by atoms with Crippen molar-refractivity contribution in [3.05, 3.63) is 33.8 Å². The number of hydrogen-bond donors (Lipinski definition) is 3. The molecule has 0 unspecified atom stereocenters. The predicted molar refractivity (Wildman–Crippen MR) is 100 cm³/mol. The van der Waals surface area contributed by atoms with Crippen molar-refractivity contribution in [2.24, 2.45) is 5.92 Å². The summed E-state index contributed by atoms with van der Waals surface area (Å²) in [5, 5.41) is 26.9. The first-order chi connectivity index (χ1) is 13.2. The van der Waals surface area contributed by atoms with E-state index in [9.17, 15) is 24.7 Å². The van der Waals surface area contributed by atoms with E-state index < -0.39 is 23.3 Å². The number of hydroxylamine groups is 2. The van der Waals surface area contributed by atoms with Crippen molar-refractivity contribution >= 4 is 23.5 Å². The minimum absolute atomic E-state index is 0.0261. The summed E-state index contributed by atoms with van der Waals surface area (Å²) in [6, 6.07) is 0.0261. The molecule has 1 fully saturated rings. The fraction of sp³-hybridized carbons (Fsp3) is 0.444. The summed E-state index contributed by atoms with van der Waals surface area (Å²) < 4.78 is 2.48. The van der Waals surface area contributed by atoms with Crippen LogP contribution in [0.4, 0.5) is 0 Å². The number of aromatic nitrogens is 3. The Kier molecular flexibility index (Phi) is 5.23. The Morgan fingerprint density at radius 3 is 2.68 bits per heavy atom. The van der Waals surface area contributed by atoms with Gasteiger partial charge in [0.1, 0.15) is 5.65 Å². The lowest BCUT2D eigenvalue weighted by molar-refractivity contribution is -0.153. The van der Waals surface area contributed by atoms with Gasteiger partial charge in [-0.2, -0.15) is 9.61 Å². The standard InChI is InChI=1S/C18H23N5O5/c1-10(2)9-22-16-11(4-7-13(24)21(3)28)8-19-23(16)18(27)14(17(22)26)15(25)20-12-5-6-12/h4,7-8,10,12,27-28H,5-6,9H2,1-3H3,(H,20,25)/b7-4+. The van der Waals surface area contributed by atoms with E-state index >= 15 is 0 Å². The van der Waals surface area contributed by atoms with Crippen LogP contribution in [0.1, 0.15) is 42.6 Å². The number of carbonyl (C=O) groups excluding carboxylic acids is 2. The van der Waals surface area contributed by atoms with Crippen molar-refractivity contribution in [3.63, 3.8) is 0 Å². The molecule has 2 aromatic heterocycles. The van der Waals surface area contributed by atoms with Crippen molar-refractivity contribution < 1.29 is 19.9 Å². The Hall–Kier alpha value is -3.14. The number of likely N-dealkylation sites (N-methyl/N-ethyl adjacent to an activating group) is 1. The fourth-order valence-corrected chi connectivity index (χ4v) is 2.82. The van der Waals surface area contributed by atoms with Gasteiger partial charge in [-0.1, -0.05) is 13.8 Å². The Morgan fingerprint density at radius 2 is 2.11 bits per heavy atom. The summed E-state index contributed by atoms with van der Waals surface area (Å²) in [7, 11) is 1.19. The molecule has 1 aliphatic carbocycles. The van der Waals surface area contributed by atoms with Crippen LogP contribution in [0, 0.1) is 5.92 Å². The van der Waals surface area contributed by atoms with Crippen molar-refractivity contribution in [3.8, 4) is 5.88 Å². The molecule has 0 spiro atoms. The fourth-order valence-electron chi connectivity index (χ4n) is 2.82. The molecule has 1 saturated carbocycles. The minimum Gasteiger partial charge on any atom is -0.492 e. The maximum Gasteiger partial charge on any atom is 0.270 e. The van der Waals surface area contributed by atoms with Gasteiger partial charge in [0.15, 0.2) is 5.56 Å². The summed E-state index contributed by atoms with van der Waals surface area (Å²) in [5.41, 5.74) is -0.344. The van der Waals surface area contributed by atoms with Crippen molar-refractivity contribution in [2.45, 2.75) is 39.3 Å². The molecular formula is C18H23N5O5. The largest absolute Gasteiger partial charge is 0.492 e. The molecular weight excluding hydrogens is 366 g/mol. The molecule has 1 aliphatic rings. The van der Waals surface area contributed by atoms with Gasteiger partial charge in [-0.15, -0.1) is 0 Å². The maximum atomic E-state index is 13.0. The first-order valence-corrected chi connectivity index (χ1v) is 8.99. The molecule has 0 aromatic carbocycles. The van der Waals surface area contributed by atoms with Crippen molar-refractivity contribution in [1.82, 2.24) is 24.6 Å². The van der Waals surface area contributed by atoms with E-state index in [1.54, 1.807) is 0 Å². The zero-order valence-corrected chi connectivity index (χ0v) is 15.9. The van der Waals surface area contributed by atoms with E-state index in [1.807, 2.05) is 13.8 Å². The van der Waals surface area contributed by atoms with Gasteiger partial charge in [0.2, 0.25) is 5.88 Å². The molecule has 10 heteroatoms. The summed E-state index contributed by atoms with van der Waals surface area (Å²) in [5.74, 6) is -1.78. The lowest BCUT2D eigenvalue weighted by atomic mass is 10.2. The van der Waals surface area contributed by atoms with Gasteiger partial charge in [-0.05, 0) is 24.8 Å². The highest BCUT2D eigenvalue weighted by Crippen LogP contribution is 2.23. The summed E-state index contributed by atoms with van der Waals surface area (Å²) in [6.07, 6.45) is 5.57. The number of nitrogens with one attached hydrogen (secondary N) is 1. The summed E-state index contributed by atoms with van der Waals surface area (Å²) in [6.45, 7) is 4.11. The number of fused-ring (bicyclic) bond motifs is 1. The minimum atomic E-state index is -0.665. The smallest absolute Gasteiger partial charge is 0.270 e. The lowest BCUT2D eigenvalue weighted by Crippen LogP contribution is -2.36. The van der Waals surface area contributed by atoms with E-state index in [0.29, 0.717) is 10.6 Å². The molecule has 0 bridgehead atoms. The van der Waals surface area contributed by atoms with Crippen LogP contribution >= 0.6 is 0 Å². The van der Waals surface area contributed by atoms with Crippen LogP contribution in [-0.2, 0) is 11.3 Å². The van der Waals surface area contributed by atoms with E-state index in [4.69, 9.17) is 0 Å². The van der Waals surface area contributed by atoms with Gasteiger partial charge in [-0.3, -0.25) is 24.2 Å². The van der Waals surface area contributed by atoms with Gasteiger partial charge in [-0.25, -0.2) is 5.06 Å². The SMILES string of the molecule is CC(C)Cn1c(=O)c(C(=O)NC2CC2)c(O)n2ncc(/C=C/C(=O)N(C)O)c12. The second-order valence-electron chi connectivity index (χ2n) is 7.29. The third-order valence-electron chi connectivity index (χ3n) is 4.32. The Bertz CT molecular complexity index is 1010. The van der Waals surface area contributed by atoms with Gasteiger partial charge in [0.25, 0.3) is 17.4 Å². The molecule has 28 heavy (non-hydrogen) atoms. The van der Waals surface area contributed by atoms with Crippen LogP contribution in [-0.4, -0.2) is 54.5 Å². The zero-order chi connectivity index (χ0) is 20.6. The molecule has 3 N–H and O–H groups in total. The van der Waals surface area contributed by atoms with Gasteiger partial charge in [0.05, 0.1) is 6.20 Å². The predicted octanol–water partition coefficient (Wildman–Crippen LogP) is 0.611. The molecule has 0 radical (unpaired) electrons. The summed E-state index contributed by atoms with van der Waals surface area (Å²) >= 11 is 0. The van der Waals surface area contributed by atoms with E-state index in [0.717, 1.165) is 23.4 Å². The molecule has 0 aliphatic heterocycles. The highest BCUT2D eigenvalue weighted by Gasteiger charge is 2.29. The third kappa shape index (κ3) is 3.77. The second-order valence-corrected chi connectivity index (χ2v) is 7.29. The normalized spacial score (nSPS) is 14.2. The summed E-state index contributed by atoms with van der Waals surface area (Å²) in [4.78, 5) is 37.2. The van der Waals surface area contributed by atoms with Crippen molar-refractivity contribution in [2.75, 3.05) is 7.05 Å². The first-order valence-electron chi connectivity index (χ1n) is 8.99. The van der Waals surface area contributed by atoms with Crippen LogP contribution in [0.3, 0.4) is 0 Å². The zero-order valence-electron chi connectivity index (χ0n) is 15.9. The molecule has 2 heterocycles. The molecule has 2 amide bonds. The number of hydrogen-bond acceptors (Lipinski definition) is 6. The van der Waals surface area contributed by atoms with E-state index in [1.165, 1.54) is 23.9 Å². The molecule has 0 atom stereocenters. The Balaban J connectivity index is 2.18. The lowest BCUT2D eigenvalue weighted by Gasteiger charge is -2.15. The average molecular weight is 389 g/mol. The van der Waals surface area contributed by atoms with Crippen LogP contribution in [0.5, 0.6) is 5.88 Å². The highest BCUT2D eigenvalue weighted by molar-refractivity contribution is 5.97. The number of nitrogens with zero attached hydrogens (tertiary/aromatic N) is 4. The molecule has 150 valence electrons.